The van der Waals surface area contributed by atoms with Crippen LogP contribution in [0.4, 0.5) is 0 Å². The van der Waals surface area contributed by atoms with Gasteiger partial charge in [0.25, 0.3) is 5.91 Å². The summed E-state index contributed by atoms with van der Waals surface area (Å²) >= 11 is 0. The monoisotopic (exact) mass is 365 g/mol. The molecule has 4 rings (SSSR count). The molecule has 3 aromatic rings. The van der Waals surface area contributed by atoms with E-state index in [-0.39, 0.29) is 5.91 Å². The quantitative estimate of drug-likeness (QED) is 0.710. The molecule has 7 heteroatoms. The number of carbonyl (C=O) groups excluding carboxylic acids is 1. The summed E-state index contributed by atoms with van der Waals surface area (Å²) in [6, 6.07) is 6.06. The van der Waals surface area contributed by atoms with Crippen molar-refractivity contribution in [2.45, 2.75) is 26.7 Å². The van der Waals surface area contributed by atoms with Gasteiger partial charge in [-0.25, -0.2) is 0 Å². The minimum Gasteiger partial charge on any atom is -0.361 e. The Labute approximate surface area is 158 Å². The van der Waals surface area contributed by atoms with Crippen LogP contribution in [0.1, 0.15) is 33.9 Å². The number of amides is 1. The molecule has 4 heterocycles. The molecule has 0 spiro atoms. The highest BCUT2D eigenvalue weighted by molar-refractivity contribution is 5.93. The number of aromatic nitrogens is 4. The summed E-state index contributed by atoms with van der Waals surface area (Å²) in [6.07, 6.45) is 5.24. The van der Waals surface area contributed by atoms with Crippen LogP contribution >= 0.6 is 0 Å². The van der Waals surface area contributed by atoms with E-state index in [9.17, 15) is 4.79 Å². The maximum Gasteiger partial charge on any atom is 0.257 e. The van der Waals surface area contributed by atoms with Crippen molar-refractivity contribution < 1.29 is 9.32 Å². The van der Waals surface area contributed by atoms with Crippen LogP contribution in [0.2, 0.25) is 0 Å². The Morgan fingerprint density at radius 1 is 1.33 bits per heavy atom. The molecular weight excluding hydrogens is 342 g/mol. The van der Waals surface area contributed by atoms with Gasteiger partial charge in [0.05, 0.1) is 28.7 Å². The SMILES string of the molecule is Cc1noc(C)c1-c1cccc(CC2CCN(C(=O)c3cnn(C)c3)C2)n1. The highest BCUT2D eigenvalue weighted by atomic mass is 16.5. The van der Waals surface area contributed by atoms with E-state index in [1.165, 1.54) is 0 Å². The van der Waals surface area contributed by atoms with Crippen LogP contribution in [-0.4, -0.2) is 43.8 Å². The maximum absolute atomic E-state index is 12.6. The topological polar surface area (TPSA) is 77.0 Å². The van der Waals surface area contributed by atoms with E-state index in [1.807, 2.05) is 44.0 Å². The second-order valence-electron chi connectivity index (χ2n) is 7.23. The van der Waals surface area contributed by atoms with Crippen LogP contribution < -0.4 is 0 Å². The average molecular weight is 365 g/mol. The molecule has 1 saturated heterocycles. The molecule has 1 atom stereocenters. The molecule has 1 amide bonds. The Bertz CT molecular complexity index is 955. The molecule has 7 nitrogen and oxygen atoms in total. The lowest BCUT2D eigenvalue weighted by Gasteiger charge is -2.15. The van der Waals surface area contributed by atoms with Crippen molar-refractivity contribution in [1.29, 1.82) is 0 Å². The third-order valence-electron chi connectivity index (χ3n) is 5.12. The average Bonchev–Trinajstić information content (AvgIpc) is 3.36. The molecule has 3 aromatic heterocycles. The number of aryl methyl sites for hydroxylation is 3. The Kier molecular flexibility index (Phi) is 4.51. The van der Waals surface area contributed by atoms with Crippen LogP contribution in [0.3, 0.4) is 0 Å². The third kappa shape index (κ3) is 3.49. The first-order valence-electron chi connectivity index (χ1n) is 9.18. The van der Waals surface area contributed by atoms with Crippen LogP contribution in [0.5, 0.6) is 0 Å². The highest BCUT2D eigenvalue weighted by Crippen LogP contribution is 2.27. The number of nitrogens with zero attached hydrogens (tertiary/aromatic N) is 5. The first kappa shape index (κ1) is 17.5. The van der Waals surface area contributed by atoms with Gasteiger partial charge < -0.3 is 9.42 Å². The number of pyridine rings is 1. The van der Waals surface area contributed by atoms with Gasteiger partial charge in [-0.2, -0.15) is 5.10 Å². The summed E-state index contributed by atoms with van der Waals surface area (Å²) in [5.74, 6) is 1.26. The Balaban J connectivity index is 1.45. The van der Waals surface area contributed by atoms with Crippen molar-refractivity contribution in [3.63, 3.8) is 0 Å². The molecule has 0 radical (unpaired) electrons. The molecular formula is C20H23N5O2. The van der Waals surface area contributed by atoms with Gasteiger partial charge in [0.2, 0.25) is 0 Å². The largest absolute Gasteiger partial charge is 0.361 e. The van der Waals surface area contributed by atoms with Crippen molar-refractivity contribution in [3.8, 4) is 11.3 Å². The molecule has 27 heavy (non-hydrogen) atoms. The number of hydrogen-bond donors (Lipinski definition) is 0. The first-order valence-corrected chi connectivity index (χ1v) is 9.18. The summed E-state index contributed by atoms with van der Waals surface area (Å²) in [5.41, 5.74) is 4.40. The summed E-state index contributed by atoms with van der Waals surface area (Å²) < 4.78 is 6.92. The van der Waals surface area contributed by atoms with Gasteiger partial charge in [-0.1, -0.05) is 11.2 Å². The Morgan fingerprint density at radius 2 is 2.19 bits per heavy atom. The number of carbonyl (C=O) groups is 1. The standard InChI is InChI=1S/C20H23N5O2/c1-13-19(14(2)27-23-13)18-6-4-5-17(22-18)9-15-7-8-25(11-15)20(26)16-10-21-24(3)12-16/h4-6,10,12,15H,7-9,11H2,1-3H3. The van der Waals surface area contributed by atoms with E-state index in [0.29, 0.717) is 11.5 Å². The fourth-order valence-electron chi connectivity index (χ4n) is 3.77. The van der Waals surface area contributed by atoms with Gasteiger partial charge in [-0.05, 0) is 44.7 Å². The van der Waals surface area contributed by atoms with Gasteiger partial charge in [0, 0.05) is 32.0 Å². The van der Waals surface area contributed by atoms with Gasteiger partial charge >= 0.3 is 0 Å². The molecule has 0 aliphatic carbocycles. The fraction of sp³-hybridized carbons (Fsp3) is 0.400. The Hall–Kier alpha value is -2.96. The van der Waals surface area contributed by atoms with Crippen molar-refractivity contribution >= 4 is 5.91 Å². The van der Waals surface area contributed by atoms with E-state index < -0.39 is 0 Å². The zero-order chi connectivity index (χ0) is 19.0. The molecule has 1 aliphatic rings. The number of likely N-dealkylation sites (tertiary alicyclic amines) is 1. The summed E-state index contributed by atoms with van der Waals surface area (Å²) in [7, 11) is 1.82. The van der Waals surface area contributed by atoms with Crippen molar-refractivity contribution in [3.05, 3.63) is 53.3 Å². The normalized spacial score (nSPS) is 16.9. The second kappa shape index (κ2) is 6.98. The van der Waals surface area contributed by atoms with Crippen LogP contribution in [0.15, 0.2) is 35.1 Å². The van der Waals surface area contributed by atoms with Gasteiger partial charge in [-0.3, -0.25) is 14.5 Å². The maximum atomic E-state index is 12.6. The van der Waals surface area contributed by atoms with Gasteiger partial charge in [0.15, 0.2) is 0 Å². The number of rotatable bonds is 4. The summed E-state index contributed by atoms with van der Waals surface area (Å²) in [4.78, 5) is 19.3. The summed E-state index contributed by atoms with van der Waals surface area (Å²) in [5, 5.41) is 8.11. The minimum atomic E-state index is 0.0584. The zero-order valence-electron chi connectivity index (χ0n) is 15.8. The molecule has 1 fully saturated rings. The van der Waals surface area contributed by atoms with Crippen LogP contribution in [0.25, 0.3) is 11.3 Å². The predicted octanol–water partition coefficient (Wildman–Crippen LogP) is 2.79. The van der Waals surface area contributed by atoms with Crippen molar-refractivity contribution in [2.75, 3.05) is 13.1 Å². The van der Waals surface area contributed by atoms with Gasteiger partial charge in [-0.15, -0.1) is 0 Å². The third-order valence-corrected chi connectivity index (χ3v) is 5.12. The first-order chi connectivity index (χ1) is 13.0. The molecule has 1 unspecified atom stereocenters. The molecule has 0 saturated carbocycles. The molecule has 0 bridgehead atoms. The molecule has 0 aromatic carbocycles. The molecule has 140 valence electrons. The smallest absolute Gasteiger partial charge is 0.257 e. The lowest BCUT2D eigenvalue weighted by molar-refractivity contribution is 0.0787. The van der Waals surface area contributed by atoms with Crippen molar-refractivity contribution in [2.24, 2.45) is 13.0 Å². The second-order valence-corrected chi connectivity index (χ2v) is 7.23. The Morgan fingerprint density at radius 3 is 2.89 bits per heavy atom. The van der Waals surface area contributed by atoms with Crippen molar-refractivity contribution in [1.82, 2.24) is 24.8 Å². The van der Waals surface area contributed by atoms with E-state index >= 15 is 0 Å². The van der Waals surface area contributed by atoms with E-state index in [1.54, 1.807) is 17.1 Å². The summed E-state index contributed by atoms with van der Waals surface area (Å²) in [6.45, 7) is 5.37. The van der Waals surface area contributed by atoms with E-state index in [0.717, 1.165) is 54.3 Å². The van der Waals surface area contributed by atoms with Crippen LogP contribution in [0, 0.1) is 19.8 Å². The molecule has 0 N–H and O–H groups in total. The predicted molar refractivity (Wildman–Crippen MR) is 100 cm³/mol. The fourth-order valence-corrected chi connectivity index (χ4v) is 3.77. The minimum absolute atomic E-state index is 0.0584. The van der Waals surface area contributed by atoms with Gasteiger partial charge in [0.1, 0.15) is 5.76 Å². The van der Waals surface area contributed by atoms with E-state index in [4.69, 9.17) is 9.51 Å². The highest BCUT2D eigenvalue weighted by Gasteiger charge is 2.28. The van der Waals surface area contributed by atoms with E-state index in [2.05, 4.69) is 10.3 Å². The number of hydrogen-bond acceptors (Lipinski definition) is 5. The lowest BCUT2D eigenvalue weighted by atomic mass is 10.0. The molecule has 1 aliphatic heterocycles. The zero-order valence-corrected chi connectivity index (χ0v) is 15.8. The lowest BCUT2D eigenvalue weighted by Crippen LogP contribution is -2.28. The van der Waals surface area contributed by atoms with Crippen LogP contribution in [-0.2, 0) is 13.5 Å².